The van der Waals surface area contributed by atoms with E-state index in [1.54, 1.807) is 0 Å². The molecular weight excluding hydrogens is 309 g/mol. The summed E-state index contributed by atoms with van der Waals surface area (Å²) >= 11 is 5.48. The molecule has 0 unspecified atom stereocenters. The van der Waals surface area contributed by atoms with Gasteiger partial charge in [0.2, 0.25) is 0 Å². The minimum absolute atomic E-state index is 0.0561. The maximum absolute atomic E-state index is 12.7. The molecule has 0 aliphatic rings. The number of rotatable bonds is 3. The molecular formula is C13H8ClF3N2O2. The first kappa shape index (κ1) is 15.1. The van der Waals surface area contributed by atoms with Crippen LogP contribution in [0.5, 0.6) is 0 Å². The molecule has 0 bridgehead atoms. The van der Waals surface area contributed by atoms with E-state index in [2.05, 4.69) is 10.3 Å². The highest BCUT2D eigenvalue weighted by atomic mass is 35.5. The predicted molar refractivity (Wildman–Crippen MR) is 70.6 cm³/mol. The smallest absolute Gasteiger partial charge is 0.348 e. The van der Waals surface area contributed by atoms with Crippen molar-refractivity contribution in [3.63, 3.8) is 0 Å². The van der Waals surface area contributed by atoms with Crippen LogP contribution < -0.4 is 5.32 Å². The van der Waals surface area contributed by atoms with Gasteiger partial charge >= 0.3 is 6.18 Å². The van der Waals surface area contributed by atoms with Crippen LogP contribution in [0.2, 0.25) is 5.02 Å². The Balaban J connectivity index is 2.23. The van der Waals surface area contributed by atoms with Crippen LogP contribution in [0.15, 0.2) is 30.3 Å². The second-order valence-electron chi connectivity index (χ2n) is 4.09. The van der Waals surface area contributed by atoms with Gasteiger partial charge in [0.25, 0.3) is 5.91 Å². The molecule has 0 aliphatic heterocycles. The van der Waals surface area contributed by atoms with Crippen molar-refractivity contribution in [1.29, 1.82) is 0 Å². The van der Waals surface area contributed by atoms with Crippen molar-refractivity contribution in [2.24, 2.45) is 0 Å². The molecule has 21 heavy (non-hydrogen) atoms. The van der Waals surface area contributed by atoms with Crippen molar-refractivity contribution in [2.75, 3.05) is 5.32 Å². The average molecular weight is 317 g/mol. The molecule has 0 saturated heterocycles. The van der Waals surface area contributed by atoms with Gasteiger partial charge < -0.3 is 10.3 Å². The van der Waals surface area contributed by atoms with Crippen LogP contribution in [-0.4, -0.2) is 17.2 Å². The number of carbonyl (C=O) groups excluding carboxylic acids is 2. The molecule has 4 nitrogen and oxygen atoms in total. The van der Waals surface area contributed by atoms with Gasteiger partial charge in [-0.15, -0.1) is 0 Å². The van der Waals surface area contributed by atoms with Gasteiger partial charge in [0, 0.05) is 5.69 Å². The largest absolute Gasteiger partial charge is 0.417 e. The molecule has 110 valence electrons. The molecule has 1 aromatic heterocycles. The lowest BCUT2D eigenvalue weighted by molar-refractivity contribution is -0.137. The number of H-pyrrole nitrogens is 1. The zero-order valence-electron chi connectivity index (χ0n) is 10.3. The highest BCUT2D eigenvalue weighted by Crippen LogP contribution is 2.36. The fraction of sp³-hybridized carbons (Fsp3) is 0.0769. The Morgan fingerprint density at radius 1 is 1.24 bits per heavy atom. The van der Waals surface area contributed by atoms with Gasteiger partial charge in [-0.2, -0.15) is 13.2 Å². The number of benzene rings is 1. The zero-order chi connectivity index (χ0) is 15.6. The first-order chi connectivity index (χ1) is 9.81. The molecule has 1 heterocycles. The second kappa shape index (κ2) is 5.61. The normalized spacial score (nSPS) is 11.2. The number of aromatic amines is 1. The summed E-state index contributed by atoms with van der Waals surface area (Å²) in [5.74, 6) is -0.668. The maximum Gasteiger partial charge on any atom is 0.417 e. The number of amides is 1. The van der Waals surface area contributed by atoms with Crippen molar-refractivity contribution in [3.05, 3.63) is 52.3 Å². The number of halogens is 4. The quantitative estimate of drug-likeness (QED) is 0.847. The number of aromatic nitrogens is 1. The Hall–Kier alpha value is -2.28. The van der Waals surface area contributed by atoms with Crippen molar-refractivity contribution < 1.29 is 22.8 Å². The predicted octanol–water partition coefficient (Wildman–Crippen LogP) is 3.75. The highest BCUT2D eigenvalue weighted by molar-refractivity contribution is 6.31. The van der Waals surface area contributed by atoms with Gasteiger partial charge in [0.1, 0.15) is 5.69 Å². The Morgan fingerprint density at radius 3 is 2.52 bits per heavy atom. The number of nitrogens with one attached hydrogen (secondary N) is 2. The van der Waals surface area contributed by atoms with E-state index < -0.39 is 22.7 Å². The number of aldehydes is 1. The summed E-state index contributed by atoms with van der Waals surface area (Å²) < 4.78 is 38.1. The molecule has 1 aromatic carbocycles. The molecule has 0 atom stereocenters. The summed E-state index contributed by atoms with van der Waals surface area (Å²) in [5, 5.41) is 1.84. The first-order valence-corrected chi connectivity index (χ1v) is 6.01. The van der Waals surface area contributed by atoms with Gasteiger partial charge in [0.05, 0.1) is 16.3 Å². The second-order valence-corrected chi connectivity index (χ2v) is 4.50. The van der Waals surface area contributed by atoms with Crippen LogP contribution in [0.3, 0.4) is 0 Å². The van der Waals surface area contributed by atoms with E-state index in [9.17, 15) is 22.8 Å². The van der Waals surface area contributed by atoms with Gasteiger partial charge in [-0.25, -0.2) is 0 Å². The Kier molecular flexibility index (Phi) is 4.04. The van der Waals surface area contributed by atoms with Crippen molar-refractivity contribution in [3.8, 4) is 0 Å². The molecule has 1 amide bonds. The van der Waals surface area contributed by atoms with E-state index >= 15 is 0 Å². The number of anilines is 1. The molecule has 0 fully saturated rings. The van der Waals surface area contributed by atoms with Crippen molar-refractivity contribution >= 4 is 29.5 Å². The van der Waals surface area contributed by atoms with E-state index in [4.69, 9.17) is 11.6 Å². The molecule has 0 radical (unpaired) electrons. The number of carbonyl (C=O) groups is 2. The lowest BCUT2D eigenvalue weighted by Crippen LogP contribution is -2.14. The topological polar surface area (TPSA) is 62.0 Å². The maximum atomic E-state index is 12.7. The van der Waals surface area contributed by atoms with Crippen LogP contribution >= 0.6 is 11.6 Å². The van der Waals surface area contributed by atoms with Gasteiger partial charge in [0.15, 0.2) is 6.29 Å². The van der Waals surface area contributed by atoms with Gasteiger partial charge in [-0.05, 0) is 30.3 Å². The molecule has 0 saturated carbocycles. The molecule has 0 spiro atoms. The standard InChI is InChI=1S/C13H8ClF3N2O2/c14-10-3-1-7(5-9(10)13(15,16)17)19-12(21)11-4-2-8(6-20)18-11/h1-6,18H,(H,19,21). The third-order valence-electron chi connectivity index (χ3n) is 2.61. The van der Waals surface area contributed by atoms with Gasteiger partial charge in [-0.3, -0.25) is 9.59 Å². The summed E-state index contributed by atoms with van der Waals surface area (Å²) in [5.41, 5.74) is -0.853. The van der Waals surface area contributed by atoms with E-state index in [1.807, 2.05) is 0 Å². The molecule has 2 aromatic rings. The Bertz CT molecular complexity index is 695. The van der Waals surface area contributed by atoms with E-state index in [-0.39, 0.29) is 17.1 Å². The lowest BCUT2D eigenvalue weighted by atomic mass is 10.2. The molecule has 0 aliphatic carbocycles. The Labute approximate surface area is 121 Å². The minimum atomic E-state index is -4.62. The van der Waals surface area contributed by atoms with E-state index in [0.717, 1.165) is 12.1 Å². The average Bonchev–Trinajstić information content (AvgIpc) is 2.88. The molecule has 2 rings (SSSR count). The van der Waals surface area contributed by atoms with Crippen LogP contribution in [-0.2, 0) is 6.18 Å². The SMILES string of the molecule is O=Cc1ccc(C(=O)Nc2ccc(Cl)c(C(F)(F)F)c2)[nH]1. The monoisotopic (exact) mass is 316 g/mol. The highest BCUT2D eigenvalue weighted by Gasteiger charge is 2.33. The van der Waals surface area contributed by atoms with Crippen LogP contribution in [0.4, 0.5) is 18.9 Å². The minimum Gasteiger partial charge on any atom is -0.348 e. The van der Waals surface area contributed by atoms with Crippen molar-refractivity contribution in [1.82, 2.24) is 4.98 Å². The molecule has 8 heteroatoms. The number of alkyl halides is 3. The van der Waals surface area contributed by atoms with Crippen LogP contribution in [0.1, 0.15) is 26.5 Å². The van der Waals surface area contributed by atoms with Gasteiger partial charge in [-0.1, -0.05) is 11.6 Å². The third-order valence-corrected chi connectivity index (χ3v) is 2.94. The van der Waals surface area contributed by atoms with Crippen LogP contribution in [0, 0.1) is 0 Å². The zero-order valence-corrected chi connectivity index (χ0v) is 11.0. The van der Waals surface area contributed by atoms with E-state index in [0.29, 0.717) is 6.29 Å². The van der Waals surface area contributed by atoms with Crippen molar-refractivity contribution in [2.45, 2.75) is 6.18 Å². The van der Waals surface area contributed by atoms with E-state index in [1.165, 1.54) is 18.2 Å². The summed E-state index contributed by atoms with van der Waals surface area (Å²) in [7, 11) is 0. The summed E-state index contributed by atoms with van der Waals surface area (Å²) in [6.07, 6.45) is -4.10. The molecule has 2 N–H and O–H groups in total. The van der Waals surface area contributed by atoms with Crippen LogP contribution in [0.25, 0.3) is 0 Å². The number of hydrogen-bond acceptors (Lipinski definition) is 2. The third kappa shape index (κ3) is 3.43. The summed E-state index contributed by atoms with van der Waals surface area (Å²) in [6.45, 7) is 0. The fourth-order valence-corrected chi connectivity index (χ4v) is 1.86. The summed E-state index contributed by atoms with van der Waals surface area (Å²) in [6, 6.07) is 5.76. The first-order valence-electron chi connectivity index (χ1n) is 5.63. The fourth-order valence-electron chi connectivity index (χ4n) is 1.63. The summed E-state index contributed by atoms with van der Waals surface area (Å²) in [4.78, 5) is 24.8. The number of hydrogen-bond donors (Lipinski definition) is 2. The lowest BCUT2D eigenvalue weighted by Gasteiger charge is -2.11. The Morgan fingerprint density at radius 2 is 1.95 bits per heavy atom.